The van der Waals surface area contributed by atoms with Crippen LogP contribution in [0.1, 0.15) is 20.3 Å². The van der Waals surface area contributed by atoms with Crippen molar-refractivity contribution in [3.8, 4) is 0 Å². The van der Waals surface area contributed by atoms with Gasteiger partial charge in [0.1, 0.15) is 6.10 Å². The van der Waals surface area contributed by atoms with Gasteiger partial charge in [-0.2, -0.15) is 0 Å². The van der Waals surface area contributed by atoms with E-state index in [1.807, 2.05) is 13.8 Å². The lowest BCUT2D eigenvalue weighted by atomic mass is 9.83. The second-order valence-electron chi connectivity index (χ2n) is 3.59. The summed E-state index contributed by atoms with van der Waals surface area (Å²) in [5, 5.41) is 8.97. The highest BCUT2D eigenvalue weighted by atomic mass is 16.6. The third-order valence-corrected chi connectivity index (χ3v) is 1.97. The zero-order valence-electron chi connectivity index (χ0n) is 8.12. The Labute approximate surface area is 78.4 Å². The van der Waals surface area contributed by atoms with E-state index in [1.54, 1.807) is 6.08 Å². The van der Waals surface area contributed by atoms with Gasteiger partial charge in [0.25, 0.3) is 0 Å². The molecule has 0 aromatic carbocycles. The van der Waals surface area contributed by atoms with Crippen LogP contribution in [0.5, 0.6) is 0 Å². The second kappa shape index (κ2) is 4.87. The van der Waals surface area contributed by atoms with Crippen LogP contribution in [-0.4, -0.2) is 23.9 Å². The predicted octanol–water partition coefficient (Wildman–Crippen LogP) is 1.04. The first-order valence-corrected chi connectivity index (χ1v) is 4.12. The molecule has 0 aromatic heterocycles. The lowest BCUT2D eigenvalue weighted by molar-refractivity contribution is -0.00792. The van der Waals surface area contributed by atoms with Crippen molar-refractivity contribution >= 4 is 6.09 Å². The summed E-state index contributed by atoms with van der Waals surface area (Å²) in [7, 11) is 0. The highest BCUT2D eigenvalue weighted by Crippen LogP contribution is 2.27. The van der Waals surface area contributed by atoms with Crippen molar-refractivity contribution in [1.29, 1.82) is 0 Å². The SMILES string of the molecule is C=CCC(C)(C)C(CO)OC(N)=O. The molecule has 13 heavy (non-hydrogen) atoms. The Bertz CT molecular complexity index is 189. The molecule has 4 nitrogen and oxygen atoms in total. The first-order valence-electron chi connectivity index (χ1n) is 4.12. The Morgan fingerprint density at radius 2 is 2.31 bits per heavy atom. The highest BCUT2D eigenvalue weighted by Gasteiger charge is 2.30. The molecule has 0 aliphatic rings. The van der Waals surface area contributed by atoms with Gasteiger partial charge in [-0.1, -0.05) is 19.9 Å². The summed E-state index contributed by atoms with van der Waals surface area (Å²) in [6, 6.07) is 0. The molecule has 0 radical (unpaired) electrons. The fourth-order valence-corrected chi connectivity index (χ4v) is 1.09. The molecule has 0 saturated carbocycles. The van der Waals surface area contributed by atoms with Crippen LogP contribution in [0.3, 0.4) is 0 Å². The fourth-order valence-electron chi connectivity index (χ4n) is 1.09. The van der Waals surface area contributed by atoms with Gasteiger partial charge in [0.15, 0.2) is 0 Å². The molecule has 4 heteroatoms. The number of nitrogens with two attached hydrogens (primary N) is 1. The zero-order chi connectivity index (χ0) is 10.5. The Morgan fingerprint density at radius 1 is 1.77 bits per heavy atom. The van der Waals surface area contributed by atoms with Gasteiger partial charge in [0.05, 0.1) is 6.61 Å². The van der Waals surface area contributed by atoms with E-state index in [1.165, 1.54) is 0 Å². The smallest absolute Gasteiger partial charge is 0.404 e. The van der Waals surface area contributed by atoms with E-state index in [0.29, 0.717) is 6.42 Å². The molecule has 0 heterocycles. The molecule has 0 aliphatic carbocycles. The van der Waals surface area contributed by atoms with Crippen molar-refractivity contribution in [1.82, 2.24) is 0 Å². The monoisotopic (exact) mass is 187 g/mol. The number of rotatable bonds is 5. The summed E-state index contributed by atoms with van der Waals surface area (Å²) < 4.78 is 4.76. The standard InChI is InChI=1S/C9H17NO3/c1-4-5-9(2,3)7(6-11)13-8(10)12/h4,7,11H,1,5-6H2,2-3H3,(H2,10,12). The van der Waals surface area contributed by atoms with Gasteiger partial charge in [-0.15, -0.1) is 6.58 Å². The molecule has 76 valence electrons. The van der Waals surface area contributed by atoms with E-state index in [9.17, 15) is 4.79 Å². The highest BCUT2D eigenvalue weighted by molar-refractivity contribution is 5.64. The van der Waals surface area contributed by atoms with Gasteiger partial charge in [-0.3, -0.25) is 0 Å². The van der Waals surface area contributed by atoms with E-state index in [2.05, 4.69) is 6.58 Å². The number of carbonyl (C=O) groups is 1. The van der Waals surface area contributed by atoms with Crippen LogP contribution in [0.4, 0.5) is 4.79 Å². The molecule has 1 unspecified atom stereocenters. The molecule has 0 aromatic rings. The third-order valence-electron chi connectivity index (χ3n) is 1.97. The van der Waals surface area contributed by atoms with Crippen molar-refractivity contribution in [3.05, 3.63) is 12.7 Å². The van der Waals surface area contributed by atoms with Gasteiger partial charge < -0.3 is 15.6 Å². The van der Waals surface area contributed by atoms with Crippen molar-refractivity contribution in [3.63, 3.8) is 0 Å². The van der Waals surface area contributed by atoms with Crippen LogP contribution in [0.15, 0.2) is 12.7 Å². The Balaban J connectivity index is 4.35. The number of primary amides is 1. The molecule has 1 atom stereocenters. The van der Waals surface area contributed by atoms with Crippen LogP contribution in [-0.2, 0) is 4.74 Å². The molecule has 1 amide bonds. The van der Waals surface area contributed by atoms with Gasteiger partial charge in [-0.05, 0) is 6.42 Å². The maximum atomic E-state index is 10.5. The average molecular weight is 187 g/mol. The van der Waals surface area contributed by atoms with E-state index < -0.39 is 12.2 Å². The number of aliphatic hydroxyl groups excluding tert-OH is 1. The van der Waals surface area contributed by atoms with Crippen molar-refractivity contribution in [2.24, 2.45) is 11.1 Å². The Hall–Kier alpha value is -1.03. The predicted molar refractivity (Wildman–Crippen MR) is 50.1 cm³/mol. The number of allylic oxidation sites excluding steroid dienone is 1. The molecule has 0 bridgehead atoms. The summed E-state index contributed by atoms with van der Waals surface area (Å²) in [6.45, 7) is 7.10. The van der Waals surface area contributed by atoms with Crippen molar-refractivity contribution in [2.75, 3.05) is 6.61 Å². The molecule has 0 spiro atoms. The normalized spacial score (nSPS) is 13.5. The van der Waals surface area contributed by atoms with Crippen LogP contribution in [0, 0.1) is 5.41 Å². The minimum Gasteiger partial charge on any atom is -0.443 e. The molecular formula is C9H17NO3. The van der Waals surface area contributed by atoms with E-state index in [4.69, 9.17) is 15.6 Å². The molecule has 0 fully saturated rings. The quantitative estimate of drug-likeness (QED) is 0.632. The van der Waals surface area contributed by atoms with Gasteiger partial charge >= 0.3 is 6.09 Å². The third kappa shape index (κ3) is 3.94. The second-order valence-corrected chi connectivity index (χ2v) is 3.59. The van der Waals surface area contributed by atoms with Crippen LogP contribution in [0.25, 0.3) is 0 Å². The number of amides is 1. The van der Waals surface area contributed by atoms with E-state index >= 15 is 0 Å². The van der Waals surface area contributed by atoms with Gasteiger partial charge in [0.2, 0.25) is 0 Å². The fraction of sp³-hybridized carbons (Fsp3) is 0.667. The van der Waals surface area contributed by atoms with E-state index in [0.717, 1.165) is 0 Å². The number of ether oxygens (including phenoxy) is 1. The lowest BCUT2D eigenvalue weighted by Crippen LogP contribution is -2.38. The molecule has 0 rings (SSSR count). The Kier molecular flexibility index (Phi) is 4.48. The van der Waals surface area contributed by atoms with Crippen molar-refractivity contribution in [2.45, 2.75) is 26.4 Å². The average Bonchev–Trinajstić information content (AvgIpc) is 1.99. The maximum absolute atomic E-state index is 10.5. The summed E-state index contributed by atoms with van der Waals surface area (Å²) >= 11 is 0. The van der Waals surface area contributed by atoms with Gasteiger partial charge in [-0.25, -0.2) is 4.79 Å². The summed E-state index contributed by atoms with van der Waals surface area (Å²) in [5.41, 5.74) is 4.52. The van der Waals surface area contributed by atoms with Crippen LogP contribution >= 0.6 is 0 Å². The van der Waals surface area contributed by atoms with Crippen LogP contribution < -0.4 is 5.73 Å². The lowest BCUT2D eigenvalue weighted by Gasteiger charge is -2.30. The summed E-state index contributed by atoms with van der Waals surface area (Å²) in [6.07, 6.45) is 0.914. The molecular weight excluding hydrogens is 170 g/mol. The number of hydrogen-bond acceptors (Lipinski definition) is 3. The summed E-state index contributed by atoms with van der Waals surface area (Å²) in [4.78, 5) is 10.5. The van der Waals surface area contributed by atoms with E-state index in [-0.39, 0.29) is 12.0 Å². The molecule has 0 aliphatic heterocycles. The molecule has 3 N–H and O–H groups in total. The van der Waals surface area contributed by atoms with Crippen LogP contribution in [0.2, 0.25) is 0 Å². The number of hydrogen-bond donors (Lipinski definition) is 2. The first kappa shape index (κ1) is 12.0. The maximum Gasteiger partial charge on any atom is 0.404 e. The minimum absolute atomic E-state index is 0.232. The van der Waals surface area contributed by atoms with Crippen molar-refractivity contribution < 1.29 is 14.6 Å². The topological polar surface area (TPSA) is 72.6 Å². The van der Waals surface area contributed by atoms with Gasteiger partial charge in [0, 0.05) is 5.41 Å². The number of aliphatic hydroxyl groups is 1. The zero-order valence-corrected chi connectivity index (χ0v) is 8.12. The first-order chi connectivity index (χ1) is 5.94. The largest absolute Gasteiger partial charge is 0.443 e. The Morgan fingerprint density at radius 3 is 2.62 bits per heavy atom. The molecule has 0 saturated heterocycles. The number of carbonyl (C=O) groups excluding carboxylic acids is 1. The summed E-state index contributed by atoms with van der Waals surface area (Å²) in [5.74, 6) is 0. The minimum atomic E-state index is -0.865.